The minimum atomic E-state index is -0.238. The van der Waals surface area contributed by atoms with Crippen molar-refractivity contribution in [3.05, 3.63) is 65.6 Å². The molecule has 24 heavy (non-hydrogen) atoms. The summed E-state index contributed by atoms with van der Waals surface area (Å²) in [5.74, 6) is 0.359. The molecule has 124 valence electrons. The summed E-state index contributed by atoms with van der Waals surface area (Å²) in [6, 6.07) is 10.9. The van der Waals surface area contributed by atoms with E-state index in [1.807, 2.05) is 35.9 Å². The van der Waals surface area contributed by atoms with Gasteiger partial charge in [-0.1, -0.05) is 12.1 Å². The average molecular weight is 325 g/mol. The van der Waals surface area contributed by atoms with Gasteiger partial charge in [0.1, 0.15) is 18.0 Å². The van der Waals surface area contributed by atoms with Gasteiger partial charge in [0, 0.05) is 24.5 Å². The number of fused-ring (bicyclic) bond motifs is 1. The number of aryl methyl sites for hydroxylation is 1. The van der Waals surface area contributed by atoms with Crippen molar-refractivity contribution in [1.29, 1.82) is 0 Å². The van der Waals surface area contributed by atoms with Gasteiger partial charge in [0.15, 0.2) is 0 Å². The van der Waals surface area contributed by atoms with Gasteiger partial charge in [0.25, 0.3) is 5.91 Å². The number of hydrogen-bond acceptors (Lipinski definition) is 4. The maximum Gasteiger partial charge on any atom is 0.251 e. The number of nitrogens with zero attached hydrogens (tertiary/aromatic N) is 2. The number of aliphatic hydroxyl groups excluding tert-OH is 1. The van der Waals surface area contributed by atoms with E-state index < -0.39 is 0 Å². The van der Waals surface area contributed by atoms with Crippen LogP contribution in [0.25, 0.3) is 5.65 Å². The maximum absolute atomic E-state index is 11.9. The molecule has 2 heterocycles. The fraction of sp³-hybridized carbons (Fsp3) is 0.222. The van der Waals surface area contributed by atoms with Crippen molar-refractivity contribution in [2.45, 2.75) is 13.5 Å². The highest BCUT2D eigenvalue weighted by Gasteiger charge is 2.07. The zero-order chi connectivity index (χ0) is 16.9. The molecule has 0 saturated heterocycles. The lowest BCUT2D eigenvalue weighted by Crippen LogP contribution is -2.26. The Balaban J connectivity index is 1.68. The van der Waals surface area contributed by atoms with Crippen molar-refractivity contribution in [3.63, 3.8) is 0 Å². The van der Waals surface area contributed by atoms with Gasteiger partial charge in [-0.2, -0.15) is 0 Å². The molecule has 3 rings (SSSR count). The summed E-state index contributed by atoms with van der Waals surface area (Å²) in [4.78, 5) is 16.4. The topological polar surface area (TPSA) is 75.9 Å². The van der Waals surface area contributed by atoms with Crippen LogP contribution in [0.3, 0.4) is 0 Å². The third-order valence-electron chi connectivity index (χ3n) is 3.53. The number of amides is 1. The Morgan fingerprint density at radius 1 is 1.29 bits per heavy atom. The van der Waals surface area contributed by atoms with Crippen molar-refractivity contribution in [2.24, 2.45) is 0 Å². The first-order valence-corrected chi connectivity index (χ1v) is 7.72. The molecule has 6 nitrogen and oxygen atoms in total. The molecular weight excluding hydrogens is 306 g/mol. The summed E-state index contributed by atoms with van der Waals surface area (Å²) in [7, 11) is 0. The Morgan fingerprint density at radius 2 is 2.17 bits per heavy atom. The molecule has 2 aromatic heterocycles. The molecule has 0 radical (unpaired) electrons. The number of imidazole rings is 1. The van der Waals surface area contributed by atoms with Gasteiger partial charge < -0.3 is 19.6 Å². The van der Waals surface area contributed by atoms with E-state index in [0.29, 0.717) is 17.9 Å². The molecular formula is C18H19N3O3. The summed E-state index contributed by atoms with van der Waals surface area (Å²) < 4.78 is 7.71. The summed E-state index contributed by atoms with van der Waals surface area (Å²) >= 11 is 0. The van der Waals surface area contributed by atoms with Crippen molar-refractivity contribution in [3.8, 4) is 5.75 Å². The molecule has 2 N–H and O–H groups in total. The Hall–Kier alpha value is -2.86. The van der Waals surface area contributed by atoms with E-state index >= 15 is 0 Å². The monoisotopic (exact) mass is 325 g/mol. The molecule has 3 aromatic rings. The molecule has 0 spiro atoms. The largest absolute Gasteiger partial charge is 0.487 e. The fourth-order valence-electron chi connectivity index (χ4n) is 2.38. The Bertz CT molecular complexity index is 858. The summed E-state index contributed by atoms with van der Waals surface area (Å²) in [5.41, 5.74) is 3.34. The zero-order valence-electron chi connectivity index (χ0n) is 13.4. The molecule has 6 heteroatoms. The van der Waals surface area contributed by atoms with E-state index in [2.05, 4.69) is 10.3 Å². The van der Waals surface area contributed by atoms with E-state index in [-0.39, 0.29) is 19.1 Å². The van der Waals surface area contributed by atoms with Crippen LogP contribution in [-0.2, 0) is 6.61 Å². The van der Waals surface area contributed by atoms with Crippen LogP contribution >= 0.6 is 0 Å². The predicted octanol–water partition coefficient (Wildman–Crippen LogP) is 1.94. The smallest absolute Gasteiger partial charge is 0.251 e. The SMILES string of the molecule is Cc1ccc2nc(COc3cccc(C(=O)NCCO)c3)cn2c1. The van der Waals surface area contributed by atoms with Crippen molar-refractivity contribution < 1.29 is 14.6 Å². The van der Waals surface area contributed by atoms with Crippen LogP contribution < -0.4 is 10.1 Å². The second kappa shape index (κ2) is 7.14. The van der Waals surface area contributed by atoms with Crippen LogP contribution in [0.1, 0.15) is 21.6 Å². The Labute approximate surface area is 139 Å². The standard InChI is InChI=1S/C18H19N3O3/c1-13-5-6-17-20-15(11-21(17)10-13)12-24-16-4-2-3-14(9-16)18(23)19-7-8-22/h2-6,9-11,22H,7-8,12H2,1H3,(H,19,23). The number of ether oxygens (including phenoxy) is 1. The van der Waals surface area contributed by atoms with Gasteiger partial charge in [0.2, 0.25) is 0 Å². The van der Waals surface area contributed by atoms with Crippen LogP contribution in [0, 0.1) is 6.92 Å². The van der Waals surface area contributed by atoms with E-state index in [1.165, 1.54) is 0 Å². The summed E-state index contributed by atoms with van der Waals surface area (Å²) in [5, 5.41) is 11.4. The molecule has 0 unspecified atom stereocenters. The van der Waals surface area contributed by atoms with Crippen molar-refractivity contribution in [1.82, 2.24) is 14.7 Å². The van der Waals surface area contributed by atoms with Crippen LogP contribution in [0.5, 0.6) is 5.75 Å². The minimum absolute atomic E-state index is 0.0880. The van der Waals surface area contributed by atoms with Crippen molar-refractivity contribution >= 4 is 11.6 Å². The van der Waals surface area contributed by atoms with E-state index in [1.54, 1.807) is 24.3 Å². The van der Waals surface area contributed by atoms with E-state index in [4.69, 9.17) is 9.84 Å². The van der Waals surface area contributed by atoms with Crippen LogP contribution in [0.4, 0.5) is 0 Å². The van der Waals surface area contributed by atoms with Gasteiger partial charge in [-0.25, -0.2) is 4.98 Å². The lowest BCUT2D eigenvalue weighted by atomic mass is 10.2. The number of aromatic nitrogens is 2. The summed E-state index contributed by atoms with van der Waals surface area (Å²) in [6.45, 7) is 2.49. The van der Waals surface area contributed by atoms with Crippen molar-refractivity contribution in [2.75, 3.05) is 13.2 Å². The second-order valence-electron chi connectivity index (χ2n) is 5.50. The van der Waals surface area contributed by atoms with Crippen LogP contribution in [-0.4, -0.2) is 33.6 Å². The molecule has 0 fully saturated rings. The molecule has 0 saturated carbocycles. The molecule has 0 bridgehead atoms. The first-order chi connectivity index (χ1) is 11.7. The predicted molar refractivity (Wildman–Crippen MR) is 90.1 cm³/mol. The number of nitrogens with one attached hydrogen (secondary N) is 1. The highest BCUT2D eigenvalue weighted by Crippen LogP contribution is 2.16. The lowest BCUT2D eigenvalue weighted by molar-refractivity contribution is 0.0944. The third-order valence-corrected chi connectivity index (χ3v) is 3.53. The third kappa shape index (κ3) is 3.72. The molecule has 1 aromatic carbocycles. The van der Waals surface area contributed by atoms with Gasteiger partial charge in [0.05, 0.1) is 12.3 Å². The lowest BCUT2D eigenvalue weighted by Gasteiger charge is -2.07. The highest BCUT2D eigenvalue weighted by atomic mass is 16.5. The maximum atomic E-state index is 11.9. The molecule has 1 amide bonds. The zero-order valence-corrected chi connectivity index (χ0v) is 13.4. The number of aliphatic hydroxyl groups is 1. The number of benzene rings is 1. The molecule has 0 aliphatic heterocycles. The second-order valence-corrected chi connectivity index (χ2v) is 5.50. The molecule has 0 aliphatic carbocycles. The Morgan fingerprint density at radius 3 is 3.00 bits per heavy atom. The number of carbonyl (C=O) groups excluding carboxylic acids is 1. The number of hydrogen-bond donors (Lipinski definition) is 2. The van der Waals surface area contributed by atoms with Crippen LogP contribution in [0.2, 0.25) is 0 Å². The number of rotatable bonds is 6. The normalized spacial score (nSPS) is 10.8. The first kappa shape index (κ1) is 16.0. The van der Waals surface area contributed by atoms with Gasteiger partial charge in [-0.05, 0) is 36.8 Å². The number of pyridine rings is 1. The molecule has 0 atom stereocenters. The average Bonchev–Trinajstić information content (AvgIpc) is 3.00. The van der Waals surface area contributed by atoms with Crippen LogP contribution in [0.15, 0.2) is 48.8 Å². The van der Waals surface area contributed by atoms with E-state index in [0.717, 1.165) is 16.9 Å². The quantitative estimate of drug-likeness (QED) is 0.726. The van der Waals surface area contributed by atoms with Gasteiger partial charge in [-0.3, -0.25) is 4.79 Å². The molecule has 0 aliphatic rings. The minimum Gasteiger partial charge on any atom is -0.487 e. The van der Waals surface area contributed by atoms with Gasteiger partial charge in [-0.15, -0.1) is 0 Å². The Kier molecular flexibility index (Phi) is 4.77. The number of carbonyl (C=O) groups is 1. The first-order valence-electron chi connectivity index (χ1n) is 7.72. The van der Waals surface area contributed by atoms with E-state index in [9.17, 15) is 4.79 Å². The summed E-state index contributed by atoms with van der Waals surface area (Å²) in [6.07, 6.45) is 3.94. The highest BCUT2D eigenvalue weighted by molar-refractivity contribution is 5.94. The fourth-order valence-corrected chi connectivity index (χ4v) is 2.38. The van der Waals surface area contributed by atoms with Gasteiger partial charge >= 0.3 is 0 Å².